The van der Waals surface area contributed by atoms with Crippen molar-refractivity contribution in [3.63, 3.8) is 0 Å². The van der Waals surface area contributed by atoms with E-state index < -0.39 is 19.1 Å². The molecule has 1 heterocycles. The first-order valence-electron chi connectivity index (χ1n) is 7.57. The van der Waals surface area contributed by atoms with Crippen LogP contribution in [-0.4, -0.2) is 30.1 Å². The molecular formula is C16H15F6IN4O2. The standard InChI is InChI=1S/C16H14F6N4O2.HI/c17-15(18,19)9-27-13-6-1-10(7-24-13)8-25-14(23)26-11-2-4-12(5-3-11)28-16(20,21)22;/h1-7H,8-9H2,(H3,23,25,26);1H. The summed E-state index contributed by atoms with van der Waals surface area (Å²) >= 11 is 0. The van der Waals surface area contributed by atoms with E-state index in [4.69, 9.17) is 5.73 Å². The zero-order valence-corrected chi connectivity index (χ0v) is 16.8. The van der Waals surface area contributed by atoms with Crippen LogP contribution in [0.1, 0.15) is 5.56 Å². The van der Waals surface area contributed by atoms with Crippen LogP contribution in [0.15, 0.2) is 47.6 Å². The highest BCUT2D eigenvalue weighted by molar-refractivity contribution is 14.0. The van der Waals surface area contributed by atoms with Crippen molar-refractivity contribution in [2.45, 2.75) is 19.1 Å². The first kappa shape index (κ1) is 24.6. The van der Waals surface area contributed by atoms with Gasteiger partial charge in [0.05, 0.1) is 6.54 Å². The number of benzene rings is 1. The summed E-state index contributed by atoms with van der Waals surface area (Å²) in [5.41, 5.74) is 6.61. The molecule has 13 heteroatoms. The van der Waals surface area contributed by atoms with Crippen LogP contribution in [0.25, 0.3) is 0 Å². The van der Waals surface area contributed by atoms with Gasteiger partial charge in [0.1, 0.15) is 5.75 Å². The number of aromatic nitrogens is 1. The zero-order valence-electron chi connectivity index (χ0n) is 14.4. The van der Waals surface area contributed by atoms with E-state index in [-0.39, 0.29) is 48.1 Å². The molecule has 2 rings (SSSR count). The van der Waals surface area contributed by atoms with Crippen LogP contribution in [0.5, 0.6) is 11.6 Å². The lowest BCUT2D eigenvalue weighted by molar-refractivity contribution is -0.274. The predicted molar refractivity (Wildman–Crippen MR) is 103 cm³/mol. The number of nitrogens with two attached hydrogens (primary N) is 1. The number of pyridine rings is 1. The summed E-state index contributed by atoms with van der Waals surface area (Å²) in [6.07, 6.45) is -7.95. The van der Waals surface area contributed by atoms with E-state index in [2.05, 4.69) is 24.8 Å². The molecule has 0 aliphatic rings. The van der Waals surface area contributed by atoms with Gasteiger partial charge in [-0.2, -0.15) is 13.2 Å². The predicted octanol–water partition coefficient (Wildman–Crippen LogP) is 4.47. The van der Waals surface area contributed by atoms with E-state index >= 15 is 0 Å². The van der Waals surface area contributed by atoms with Gasteiger partial charge in [-0.3, -0.25) is 0 Å². The van der Waals surface area contributed by atoms with Crippen molar-refractivity contribution in [1.29, 1.82) is 0 Å². The maximum Gasteiger partial charge on any atom is 0.573 e. The minimum Gasteiger partial charge on any atom is -0.468 e. The molecular weight excluding hydrogens is 521 g/mol. The SMILES string of the molecule is I.NC(=NCc1ccc(OCC(F)(F)F)nc1)Nc1ccc(OC(F)(F)F)cc1. The Morgan fingerprint density at radius 2 is 1.69 bits per heavy atom. The molecule has 0 aliphatic heterocycles. The number of halogens is 7. The molecule has 29 heavy (non-hydrogen) atoms. The largest absolute Gasteiger partial charge is 0.573 e. The lowest BCUT2D eigenvalue weighted by Gasteiger charge is -2.10. The Morgan fingerprint density at radius 3 is 2.21 bits per heavy atom. The third kappa shape index (κ3) is 10.0. The Bertz CT molecular complexity index is 795. The van der Waals surface area contributed by atoms with Crippen molar-refractivity contribution in [1.82, 2.24) is 4.98 Å². The topological polar surface area (TPSA) is 81.8 Å². The molecule has 1 aromatic carbocycles. The molecule has 160 valence electrons. The van der Waals surface area contributed by atoms with Gasteiger partial charge in [-0.05, 0) is 29.8 Å². The second-order valence-corrected chi connectivity index (χ2v) is 5.31. The van der Waals surface area contributed by atoms with E-state index in [1.165, 1.54) is 30.5 Å². The summed E-state index contributed by atoms with van der Waals surface area (Å²) in [5, 5.41) is 2.67. The fourth-order valence-corrected chi connectivity index (χ4v) is 1.85. The van der Waals surface area contributed by atoms with Crippen LogP contribution in [0.2, 0.25) is 0 Å². The average molecular weight is 536 g/mol. The van der Waals surface area contributed by atoms with Gasteiger partial charge in [0, 0.05) is 18.0 Å². The molecule has 1 aromatic heterocycles. The molecule has 3 N–H and O–H groups in total. The monoisotopic (exact) mass is 536 g/mol. The second kappa shape index (κ2) is 10.4. The van der Waals surface area contributed by atoms with E-state index in [0.29, 0.717) is 11.3 Å². The van der Waals surface area contributed by atoms with Crippen molar-refractivity contribution < 1.29 is 35.8 Å². The molecule has 6 nitrogen and oxygen atoms in total. The summed E-state index contributed by atoms with van der Waals surface area (Å²) in [6, 6.07) is 7.58. The first-order chi connectivity index (χ1) is 13.0. The van der Waals surface area contributed by atoms with E-state index in [9.17, 15) is 26.3 Å². The van der Waals surface area contributed by atoms with Gasteiger partial charge in [-0.1, -0.05) is 6.07 Å². The Balaban J connectivity index is 0.00000420. The number of rotatable bonds is 6. The van der Waals surface area contributed by atoms with Gasteiger partial charge in [-0.15, -0.1) is 37.1 Å². The summed E-state index contributed by atoms with van der Waals surface area (Å²) in [4.78, 5) is 7.72. The van der Waals surface area contributed by atoms with Gasteiger partial charge < -0.3 is 20.5 Å². The molecule has 0 spiro atoms. The maximum absolute atomic E-state index is 12.1. The number of ether oxygens (including phenoxy) is 2. The van der Waals surface area contributed by atoms with Crippen molar-refractivity contribution in [3.05, 3.63) is 48.2 Å². The molecule has 0 atom stereocenters. The average Bonchev–Trinajstić information content (AvgIpc) is 2.59. The number of hydrogen-bond donors (Lipinski definition) is 2. The van der Waals surface area contributed by atoms with Gasteiger partial charge in [0.25, 0.3) is 0 Å². The Morgan fingerprint density at radius 1 is 1.03 bits per heavy atom. The van der Waals surface area contributed by atoms with Gasteiger partial charge in [0.15, 0.2) is 12.6 Å². The molecule has 0 amide bonds. The zero-order chi connectivity index (χ0) is 20.8. The number of hydrogen-bond acceptors (Lipinski definition) is 4. The third-order valence-corrected chi connectivity index (χ3v) is 2.97. The Kier molecular flexibility index (Phi) is 8.79. The van der Waals surface area contributed by atoms with Crippen LogP contribution in [-0.2, 0) is 6.54 Å². The van der Waals surface area contributed by atoms with Gasteiger partial charge in [0.2, 0.25) is 5.88 Å². The van der Waals surface area contributed by atoms with Gasteiger partial charge in [-0.25, -0.2) is 9.98 Å². The minimum atomic E-state index is -4.78. The maximum atomic E-state index is 12.1. The fourth-order valence-electron chi connectivity index (χ4n) is 1.85. The van der Waals surface area contributed by atoms with Crippen molar-refractivity contribution in [2.75, 3.05) is 11.9 Å². The Hall–Kier alpha value is -2.45. The summed E-state index contributed by atoms with van der Waals surface area (Å²) in [7, 11) is 0. The van der Waals surface area contributed by atoms with Crippen LogP contribution < -0.4 is 20.5 Å². The minimum absolute atomic E-state index is 0. The fraction of sp³-hybridized carbons (Fsp3) is 0.250. The molecule has 0 bridgehead atoms. The van der Waals surface area contributed by atoms with E-state index in [0.717, 1.165) is 12.1 Å². The summed E-state index contributed by atoms with van der Waals surface area (Å²) in [5.74, 6) is -0.591. The van der Waals surface area contributed by atoms with Crippen molar-refractivity contribution >= 4 is 35.6 Å². The number of nitrogens with one attached hydrogen (secondary N) is 1. The lowest BCUT2D eigenvalue weighted by atomic mass is 10.3. The molecule has 2 aromatic rings. The highest BCUT2D eigenvalue weighted by Crippen LogP contribution is 2.24. The first-order valence-corrected chi connectivity index (χ1v) is 7.57. The number of guanidine groups is 1. The van der Waals surface area contributed by atoms with Gasteiger partial charge >= 0.3 is 12.5 Å². The van der Waals surface area contributed by atoms with Crippen LogP contribution in [0.3, 0.4) is 0 Å². The van der Waals surface area contributed by atoms with E-state index in [1.54, 1.807) is 0 Å². The molecule has 0 saturated heterocycles. The molecule has 0 radical (unpaired) electrons. The molecule has 0 aliphatic carbocycles. The Labute approximate surface area is 178 Å². The van der Waals surface area contributed by atoms with Crippen LogP contribution >= 0.6 is 24.0 Å². The van der Waals surface area contributed by atoms with E-state index in [1.807, 2.05) is 0 Å². The highest BCUT2D eigenvalue weighted by atomic mass is 127. The number of anilines is 1. The second-order valence-electron chi connectivity index (χ2n) is 5.31. The summed E-state index contributed by atoms with van der Waals surface area (Å²) < 4.78 is 80.7. The molecule has 0 unspecified atom stereocenters. The number of nitrogens with zero attached hydrogens (tertiary/aromatic N) is 2. The normalized spacial score (nSPS) is 12.1. The van der Waals surface area contributed by atoms with Crippen LogP contribution in [0, 0.1) is 0 Å². The number of alkyl halides is 6. The smallest absolute Gasteiger partial charge is 0.468 e. The summed E-state index contributed by atoms with van der Waals surface area (Å²) in [6.45, 7) is -1.37. The molecule has 0 saturated carbocycles. The van der Waals surface area contributed by atoms with Crippen molar-refractivity contribution in [2.24, 2.45) is 10.7 Å². The third-order valence-electron chi connectivity index (χ3n) is 2.97. The quantitative estimate of drug-likeness (QED) is 0.247. The molecule has 0 fully saturated rings. The highest BCUT2D eigenvalue weighted by Gasteiger charge is 2.31. The van der Waals surface area contributed by atoms with Crippen LogP contribution in [0.4, 0.5) is 32.0 Å². The number of aliphatic imine (C=N–C) groups is 1. The van der Waals surface area contributed by atoms with Crippen molar-refractivity contribution in [3.8, 4) is 11.6 Å². The lowest BCUT2D eigenvalue weighted by Crippen LogP contribution is -2.22.